The highest BCUT2D eigenvalue weighted by molar-refractivity contribution is 5.82. The Bertz CT molecular complexity index is 920. The van der Waals surface area contributed by atoms with Crippen LogP contribution < -0.4 is 10.6 Å². The Hall–Kier alpha value is -3.21. The second-order valence-corrected chi connectivity index (χ2v) is 6.46. The van der Waals surface area contributed by atoms with E-state index in [0.29, 0.717) is 13.0 Å². The largest absolute Gasteiger partial charge is 0.356 e. The lowest BCUT2D eigenvalue weighted by Crippen LogP contribution is -2.33. The van der Waals surface area contributed by atoms with Gasteiger partial charge in [0, 0.05) is 25.1 Å². The van der Waals surface area contributed by atoms with Crippen molar-refractivity contribution in [3.8, 4) is 0 Å². The minimum absolute atomic E-state index is 0.0919. The molecule has 3 aromatic rings. The molecule has 0 saturated heterocycles. The van der Waals surface area contributed by atoms with E-state index in [9.17, 15) is 9.59 Å². The molecule has 0 saturated carbocycles. The maximum absolute atomic E-state index is 12.4. The van der Waals surface area contributed by atoms with Crippen LogP contribution in [0, 0.1) is 0 Å². The van der Waals surface area contributed by atoms with Crippen LogP contribution in [0.4, 0.5) is 0 Å². The molecule has 0 bridgehead atoms. The van der Waals surface area contributed by atoms with E-state index in [1.165, 1.54) is 6.92 Å². The molecule has 3 rings (SSSR count). The summed E-state index contributed by atoms with van der Waals surface area (Å²) in [7, 11) is 0. The average Bonchev–Trinajstić information content (AvgIpc) is 2.68. The highest BCUT2D eigenvalue weighted by Crippen LogP contribution is 2.17. The first kappa shape index (κ1) is 18.6. The zero-order valence-electron chi connectivity index (χ0n) is 15.3. The maximum atomic E-state index is 12.4. The summed E-state index contributed by atoms with van der Waals surface area (Å²) in [5.74, 6) is -0.246. The van der Waals surface area contributed by atoms with Gasteiger partial charge in [-0.2, -0.15) is 0 Å². The number of hydrogen-bond donors (Lipinski definition) is 2. The van der Waals surface area contributed by atoms with Crippen LogP contribution in [0.15, 0.2) is 66.9 Å². The number of benzene rings is 2. The van der Waals surface area contributed by atoms with Crippen LogP contribution in [0.1, 0.15) is 30.5 Å². The Morgan fingerprint density at radius 2 is 1.78 bits per heavy atom. The fourth-order valence-corrected chi connectivity index (χ4v) is 3.15. The first-order chi connectivity index (χ1) is 13.1. The first-order valence-corrected chi connectivity index (χ1v) is 9.05. The van der Waals surface area contributed by atoms with E-state index in [2.05, 4.69) is 15.6 Å². The monoisotopic (exact) mass is 361 g/mol. The molecule has 0 fully saturated rings. The molecule has 5 heteroatoms. The smallest absolute Gasteiger partial charge is 0.222 e. The lowest BCUT2D eigenvalue weighted by atomic mass is 10.0. The quantitative estimate of drug-likeness (QED) is 0.679. The number of para-hydroxylation sites is 1. The van der Waals surface area contributed by atoms with E-state index in [-0.39, 0.29) is 24.3 Å². The third kappa shape index (κ3) is 5.14. The van der Waals surface area contributed by atoms with Gasteiger partial charge in [-0.3, -0.25) is 14.6 Å². The zero-order chi connectivity index (χ0) is 19.1. The SMILES string of the molecule is CC(=O)N[C@@H](CC(=O)NCCc1cccc2cccnc12)c1ccccc1. The van der Waals surface area contributed by atoms with Gasteiger partial charge in [0.1, 0.15) is 0 Å². The van der Waals surface area contributed by atoms with Crippen molar-refractivity contribution in [1.82, 2.24) is 15.6 Å². The molecule has 1 heterocycles. The Balaban J connectivity index is 1.58. The van der Waals surface area contributed by atoms with E-state index in [4.69, 9.17) is 0 Å². The van der Waals surface area contributed by atoms with Gasteiger partial charge in [0.2, 0.25) is 11.8 Å². The van der Waals surface area contributed by atoms with Gasteiger partial charge in [0.25, 0.3) is 0 Å². The summed E-state index contributed by atoms with van der Waals surface area (Å²) in [4.78, 5) is 28.3. The van der Waals surface area contributed by atoms with Crippen molar-refractivity contribution in [3.63, 3.8) is 0 Å². The van der Waals surface area contributed by atoms with Crippen molar-refractivity contribution < 1.29 is 9.59 Å². The maximum Gasteiger partial charge on any atom is 0.222 e. The topological polar surface area (TPSA) is 71.1 Å². The summed E-state index contributed by atoms with van der Waals surface area (Å²) in [6.45, 7) is 1.98. The zero-order valence-corrected chi connectivity index (χ0v) is 15.3. The Kier molecular flexibility index (Phi) is 6.15. The fourth-order valence-electron chi connectivity index (χ4n) is 3.15. The standard InChI is InChI=1S/C22H23N3O2/c1-16(26)25-20(17-7-3-2-4-8-17)15-21(27)23-14-12-19-10-5-9-18-11-6-13-24-22(18)19/h2-11,13,20H,12,14-15H2,1H3,(H,23,27)(H,25,26)/t20-/m0/s1. The molecule has 1 atom stereocenters. The molecule has 2 amide bonds. The van der Waals surface area contributed by atoms with Crippen LogP contribution in [0.25, 0.3) is 10.9 Å². The highest BCUT2D eigenvalue weighted by Gasteiger charge is 2.16. The molecule has 27 heavy (non-hydrogen) atoms. The molecule has 0 spiro atoms. The number of rotatable bonds is 7. The van der Waals surface area contributed by atoms with Gasteiger partial charge in [-0.05, 0) is 23.6 Å². The number of pyridine rings is 1. The second-order valence-electron chi connectivity index (χ2n) is 6.46. The third-order valence-corrected chi connectivity index (χ3v) is 4.40. The number of amides is 2. The molecule has 0 unspecified atom stereocenters. The molecule has 2 aromatic carbocycles. The lowest BCUT2D eigenvalue weighted by molar-refractivity contribution is -0.122. The third-order valence-electron chi connectivity index (χ3n) is 4.40. The molecule has 5 nitrogen and oxygen atoms in total. The normalized spacial score (nSPS) is 11.7. The predicted octanol–water partition coefficient (Wildman–Crippen LogP) is 3.16. The second kappa shape index (κ2) is 8.94. The van der Waals surface area contributed by atoms with Crippen molar-refractivity contribution in [3.05, 3.63) is 78.0 Å². The molecule has 0 aliphatic heterocycles. The molecule has 0 aliphatic carbocycles. The van der Waals surface area contributed by atoms with Crippen molar-refractivity contribution in [2.75, 3.05) is 6.54 Å². The average molecular weight is 361 g/mol. The first-order valence-electron chi connectivity index (χ1n) is 9.05. The molecular formula is C22H23N3O2. The van der Waals surface area contributed by atoms with Gasteiger partial charge in [-0.1, -0.05) is 54.6 Å². The molecular weight excluding hydrogens is 338 g/mol. The Morgan fingerprint density at radius 1 is 1.00 bits per heavy atom. The molecule has 138 valence electrons. The number of aromatic nitrogens is 1. The Morgan fingerprint density at radius 3 is 2.56 bits per heavy atom. The van der Waals surface area contributed by atoms with Crippen molar-refractivity contribution in [2.24, 2.45) is 0 Å². The van der Waals surface area contributed by atoms with Gasteiger partial charge in [-0.15, -0.1) is 0 Å². The number of carbonyl (C=O) groups is 2. The predicted molar refractivity (Wildman–Crippen MR) is 106 cm³/mol. The molecule has 0 aliphatic rings. The number of nitrogens with one attached hydrogen (secondary N) is 2. The summed E-state index contributed by atoms with van der Waals surface area (Å²) in [6.07, 6.45) is 2.69. The van der Waals surface area contributed by atoms with Crippen LogP contribution in [-0.4, -0.2) is 23.3 Å². The number of carbonyl (C=O) groups excluding carboxylic acids is 2. The number of fused-ring (bicyclic) bond motifs is 1. The summed E-state index contributed by atoms with van der Waals surface area (Å²) in [6, 6.07) is 19.2. The summed E-state index contributed by atoms with van der Waals surface area (Å²) >= 11 is 0. The van der Waals surface area contributed by atoms with Gasteiger partial charge in [0.05, 0.1) is 18.0 Å². The van der Waals surface area contributed by atoms with Crippen molar-refractivity contribution in [2.45, 2.75) is 25.8 Å². The van der Waals surface area contributed by atoms with Gasteiger partial charge < -0.3 is 10.6 Å². The minimum atomic E-state index is -0.331. The molecule has 2 N–H and O–H groups in total. The van der Waals surface area contributed by atoms with E-state index < -0.39 is 0 Å². The highest BCUT2D eigenvalue weighted by atomic mass is 16.2. The number of hydrogen-bond acceptors (Lipinski definition) is 3. The van der Waals surface area contributed by atoms with Gasteiger partial charge in [0.15, 0.2) is 0 Å². The summed E-state index contributed by atoms with van der Waals surface area (Å²) in [5.41, 5.74) is 2.99. The lowest BCUT2D eigenvalue weighted by Gasteiger charge is -2.18. The fraction of sp³-hybridized carbons (Fsp3) is 0.227. The molecule has 1 aromatic heterocycles. The van der Waals surface area contributed by atoms with E-state index >= 15 is 0 Å². The summed E-state index contributed by atoms with van der Waals surface area (Å²) in [5, 5.41) is 6.89. The van der Waals surface area contributed by atoms with Crippen LogP contribution in [0.3, 0.4) is 0 Å². The van der Waals surface area contributed by atoms with Crippen LogP contribution in [0.5, 0.6) is 0 Å². The van der Waals surface area contributed by atoms with E-state index in [1.54, 1.807) is 6.20 Å². The van der Waals surface area contributed by atoms with Crippen LogP contribution in [0.2, 0.25) is 0 Å². The minimum Gasteiger partial charge on any atom is -0.356 e. The molecule has 0 radical (unpaired) electrons. The van der Waals surface area contributed by atoms with E-state index in [1.807, 2.05) is 60.7 Å². The number of nitrogens with zero attached hydrogens (tertiary/aromatic N) is 1. The van der Waals surface area contributed by atoms with Gasteiger partial charge in [-0.25, -0.2) is 0 Å². The van der Waals surface area contributed by atoms with E-state index in [0.717, 1.165) is 22.0 Å². The van der Waals surface area contributed by atoms with Crippen molar-refractivity contribution in [1.29, 1.82) is 0 Å². The van der Waals surface area contributed by atoms with Crippen LogP contribution in [-0.2, 0) is 16.0 Å². The van der Waals surface area contributed by atoms with Crippen molar-refractivity contribution >= 4 is 22.7 Å². The van der Waals surface area contributed by atoms with Crippen LogP contribution >= 0.6 is 0 Å². The Labute approximate surface area is 158 Å². The van der Waals surface area contributed by atoms with Gasteiger partial charge >= 0.3 is 0 Å². The summed E-state index contributed by atoms with van der Waals surface area (Å²) < 4.78 is 0.